The molecule has 4 rings (SSSR count). The molecular weight excluding hydrogens is 501 g/mol. The van der Waals surface area contributed by atoms with Crippen molar-refractivity contribution in [2.45, 2.75) is 56.7 Å². The van der Waals surface area contributed by atoms with Crippen molar-refractivity contribution >= 4 is 29.9 Å². The van der Waals surface area contributed by atoms with Crippen LogP contribution in [-0.4, -0.2) is 80.3 Å². The summed E-state index contributed by atoms with van der Waals surface area (Å²) in [5, 5.41) is 7.73. The second-order valence-corrected chi connectivity index (χ2v) is 9.20. The number of likely N-dealkylation sites (tertiary alicyclic amines) is 1. The predicted octanol–water partition coefficient (Wildman–Crippen LogP) is 3.25. The van der Waals surface area contributed by atoms with Gasteiger partial charge in [-0.1, -0.05) is 43.2 Å². The van der Waals surface area contributed by atoms with E-state index in [1.807, 2.05) is 7.05 Å². The molecule has 2 heterocycles. The molecule has 2 atom stereocenters. The van der Waals surface area contributed by atoms with Crippen molar-refractivity contribution in [3.8, 4) is 0 Å². The van der Waals surface area contributed by atoms with Crippen molar-refractivity contribution < 1.29 is 4.74 Å². The zero-order valence-corrected chi connectivity index (χ0v) is 21.5. The summed E-state index contributed by atoms with van der Waals surface area (Å²) in [6.07, 6.45) is 6.28. The molecule has 1 saturated carbocycles. The summed E-state index contributed by atoms with van der Waals surface area (Å²) in [6.45, 7) is 9.26. The van der Waals surface area contributed by atoms with Gasteiger partial charge in [0.1, 0.15) is 0 Å². The highest BCUT2D eigenvalue weighted by molar-refractivity contribution is 14.0. The Morgan fingerprint density at radius 3 is 2.55 bits per heavy atom. The molecular formula is C24H40IN5O. The fourth-order valence-electron chi connectivity index (χ4n) is 5.46. The van der Waals surface area contributed by atoms with E-state index >= 15 is 0 Å². The molecule has 0 radical (unpaired) electrons. The number of hydrogen-bond donors (Lipinski definition) is 2. The zero-order chi connectivity index (χ0) is 20.8. The largest absolute Gasteiger partial charge is 0.379 e. The number of benzene rings is 1. The first-order valence-electron chi connectivity index (χ1n) is 11.8. The highest BCUT2D eigenvalue weighted by Crippen LogP contribution is 2.32. The first-order valence-corrected chi connectivity index (χ1v) is 11.8. The van der Waals surface area contributed by atoms with Crippen LogP contribution in [0.3, 0.4) is 0 Å². The fourth-order valence-corrected chi connectivity index (χ4v) is 5.46. The Hall–Kier alpha value is -0.900. The van der Waals surface area contributed by atoms with Gasteiger partial charge in [0, 0.05) is 57.4 Å². The maximum absolute atomic E-state index is 5.53. The molecule has 6 nitrogen and oxygen atoms in total. The first kappa shape index (κ1) is 24.7. The van der Waals surface area contributed by atoms with Crippen LogP contribution < -0.4 is 10.6 Å². The van der Waals surface area contributed by atoms with E-state index in [4.69, 9.17) is 4.74 Å². The number of guanidine groups is 1. The van der Waals surface area contributed by atoms with Gasteiger partial charge in [0.2, 0.25) is 0 Å². The van der Waals surface area contributed by atoms with Crippen molar-refractivity contribution in [2.24, 2.45) is 4.99 Å². The van der Waals surface area contributed by atoms with Crippen molar-refractivity contribution in [1.82, 2.24) is 20.4 Å². The van der Waals surface area contributed by atoms with Crippen LogP contribution in [0.1, 0.15) is 50.6 Å². The van der Waals surface area contributed by atoms with Crippen LogP contribution >= 0.6 is 24.0 Å². The molecule has 1 aliphatic carbocycles. The highest BCUT2D eigenvalue weighted by Gasteiger charge is 2.36. The van der Waals surface area contributed by atoms with Crippen LogP contribution in [-0.2, 0) is 4.74 Å². The molecule has 1 aromatic carbocycles. The van der Waals surface area contributed by atoms with Crippen LogP contribution in [0.4, 0.5) is 0 Å². The lowest BCUT2D eigenvalue weighted by Gasteiger charge is -2.36. The molecule has 0 bridgehead atoms. The van der Waals surface area contributed by atoms with Crippen LogP contribution in [0, 0.1) is 0 Å². The second-order valence-electron chi connectivity index (χ2n) is 9.20. The number of nitrogens with one attached hydrogen (secondary N) is 2. The number of rotatable bonds is 6. The Balaban J connectivity index is 0.00000272. The molecule has 0 aromatic heterocycles. The van der Waals surface area contributed by atoms with E-state index in [0.717, 1.165) is 51.9 Å². The third-order valence-corrected chi connectivity index (χ3v) is 7.20. The molecule has 31 heavy (non-hydrogen) atoms. The van der Waals surface area contributed by atoms with Gasteiger partial charge in [0.05, 0.1) is 13.2 Å². The van der Waals surface area contributed by atoms with E-state index in [-0.39, 0.29) is 29.5 Å². The predicted molar refractivity (Wildman–Crippen MR) is 138 cm³/mol. The van der Waals surface area contributed by atoms with Gasteiger partial charge in [-0.25, -0.2) is 0 Å². The minimum Gasteiger partial charge on any atom is -0.379 e. The second kappa shape index (κ2) is 11.8. The lowest BCUT2D eigenvalue weighted by Crippen LogP contribution is -2.55. The maximum Gasteiger partial charge on any atom is 0.193 e. The van der Waals surface area contributed by atoms with Gasteiger partial charge in [-0.2, -0.15) is 0 Å². The minimum absolute atomic E-state index is 0. The summed E-state index contributed by atoms with van der Waals surface area (Å²) >= 11 is 0. The van der Waals surface area contributed by atoms with Gasteiger partial charge in [0.25, 0.3) is 0 Å². The Labute approximate surface area is 205 Å². The lowest BCUT2D eigenvalue weighted by molar-refractivity contribution is 0.0194. The van der Waals surface area contributed by atoms with E-state index < -0.39 is 0 Å². The molecule has 3 aliphatic rings. The van der Waals surface area contributed by atoms with Gasteiger partial charge >= 0.3 is 0 Å². The molecule has 2 saturated heterocycles. The van der Waals surface area contributed by atoms with Gasteiger partial charge in [0.15, 0.2) is 5.96 Å². The topological polar surface area (TPSA) is 52.1 Å². The Kier molecular flexibility index (Phi) is 9.43. The number of ether oxygens (including phenoxy) is 1. The maximum atomic E-state index is 5.53. The van der Waals surface area contributed by atoms with Gasteiger partial charge in [-0.3, -0.25) is 9.89 Å². The fraction of sp³-hybridized carbons (Fsp3) is 0.708. The summed E-state index contributed by atoms with van der Waals surface area (Å²) < 4.78 is 5.53. The Morgan fingerprint density at radius 2 is 1.87 bits per heavy atom. The molecule has 2 unspecified atom stereocenters. The monoisotopic (exact) mass is 541 g/mol. The summed E-state index contributed by atoms with van der Waals surface area (Å²) in [6, 6.07) is 11.8. The van der Waals surface area contributed by atoms with Crippen LogP contribution in [0.5, 0.6) is 0 Å². The third-order valence-electron chi connectivity index (χ3n) is 7.20. The Morgan fingerprint density at radius 1 is 1.16 bits per heavy atom. The number of hydrogen-bond acceptors (Lipinski definition) is 4. The van der Waals surface area contributed by atoms with Crippen LogP contribution in [0.25, 0.3) is 0 Å². The van der Waals surface area contributed by atoms with Crippen molar-refractivity contribution in [2.75, 3.05) is 53.0 Å². The minimum atomic E-state index is 0. The van der Waals surface area contributed by atoms with Crippen LogP contribution in [0.2, 0.25) is 0 Å². The van der Waals surface area contributed by atoms with E-state index in [0.29, 0.717) is 12.1 Å². The van der Waals surface area contributed by atoms with Gasteiger partial charge in [-0.05, 0) is 31.7 Å². The molecule has 3 fully saturated rings. The van der Waals surface area contributed by atoms with Gasteiger partial charge < -0.3 is 20.3 Å². The number of halogens is 1. The van der Waals surface area contributed by atoms with E-state index in [1.54, 1.807) is 0 Å². The van der Waals surface area contributed by atoms with Crippen molar-refractivity contribution in [3.05, 3.63) is 35.9 Å². The van der Waals surface area contributed by atoms with E-state index in [1.165, 1.54) is 37.7 Å². The SMILES string of the molecule is CN=C(NCC1(NC(C)c2ccccc2)CCCC1)N1CCC(N2CCOCC2)C1.I. The molecule has 7 heteroatoms. The molecule has 174 valence electrons. The smallest absolute Gasteiger partial charge is 0.193 e. The average Bonchev–Trinajstić information content (AvgIpc) is 3.46. The lowest BCUT2D eigenvalue weighted by atomic mass is 9.94. The first-order chi connectivity index (χ1) is 14.7. The average molecular weight is 542 g/mol. The van der Waals surface area contributed by atoms with E-state index in [2.05, 4.69) is 62.7 Å². The summed E-state index contributed by atoms with van der Waals surface area (Å²) in [5.74, 6) is 1.06. The van der Waals surface area contributed by atoms with E-state index in [9.17, 15) is 0 Å². The Bertz CT molecular complexity index is 688. The number of morpholine rings is 1. The summed E-state index contributed by atoms with van der Waals surface area (Å²) in [5.41, 5.74) is 1.51. The van der Waals surface area contributed by atoms with Crippen molar-refractivity contribution in [1.29, 1.82) is 0 Å². The zero-order valence-electron chi connectivity index (χ0n) is 19.2. The molecule has 1 aromatic rings. The number of aliphatic imine (C=N–C) groups is 1. The summed E-state index contributed by atoms with van der Waals surface area (Å²) in [7, 11) is 1.92. The normalized spacial score (nSPS) is 25.3. The standard InChI is InChI=1S/C24H39N5O.HI/c1-20(21-8-4-3-5-9-21)27-24(11-6-7-12-24)19-26-23(25-2)29-13-10-22(18-29)28-14-16-30-17-15-28;/h3-5,8-9,20,22,27H,6-7,10-19H2,1-2H3,(H,25,26);1H. The molecule has 2 N–H and O–H groups in total. The summed E-state index contributed by atoms with van der Waals surface area (Å²) in [4.78, 5) is 9.68. The number of nitrogens with zero attached hydrogens (tertiary/aromatic N) is 3. The van der Waals surface area contributed by atoms with Crippen LogP contribution in [0.15, 0.2) is 35.3 Å². The van der Waals surface area contributed by atoms with Gasteiger partial charge in [-0.15, -0.1) is 24.0 Å². The van der Waals surface area contributed by atoms with Crippen molar-refractivity contribution in [3.63, 3.8) is 0 Å². The highest BCUT2D eigenvalue weighted by atomic mass is 127. The quantitative estimate of drug-likeness (QED) is 0.329. The molecule has 2 aliphatic heterocycles. The molecule has 0 spiro atoms. The molecule has 0 amide bonds. The third kappa shape index (κ3) is 6.33.